The van der Waals surface area contributed by atoms with Crippen LogP contribution >= 0.6 is 0 Å². The van der Waals surface area contributed by atoms with Gasteiger partial charge in [0.1, 0.15) is 0 Å². The summed E-state index contributed by atoms with van der Waals surface area (Å²) in [7, 11) is 0. The summed E-state index contributed by atoms with van der Waals surface area (Å²) in [5.41, 5.74) is -0.912. The van der Waals surface area contributed by atoms with Gasteiger partial charge in [-0.2, -0.15) is 0 Å². The molecule has 1 heterocycles. The molecule has 1 aliphatic heterocycles. The average molecular weight is 228 g/mol. The van der Waals surface area contributed by atoms with E-state index in [9.17, 15) is 9.59 Å². The lowest BCUT2D eigenvalue weighted by Gasteiger charge is -2.25. The van der Waals surface area contributed by atoms with Gasteiger partial charge < -0.3 is 15.7 Å². The molecule has 0 bridgehead atoms. The number of carboxylic acids is 1. The minimum atomic E-state index is -0.912. The molecule has 0 unspecified atom stereocenters. The molecule has 0 aromatic rings. The summed E-state index contributed by atoms with van der Waals surface area (Å²) in [6, 6.07) is -0.154. The van der Waals surface area contributed by atoms with Crippen molar-refractivity contribution >= 4 is 11.9 Å². The summed E-state index contributed by atoms with van der Waals surface area (Å²) < 4.78 is 0. The molecule has 16 heavy (non-hydrogen) atoms. The summed E-state index contributed by atoms with van der Waals surface area (Å²) in [4.78, 5) is 22.5. The molecule has 0 aromatic heterocycles. The van der Waals surface area contributed by atoms with Gasteiger partial charge in [0, 0.05) is 6.54 Å². The highest BCUT2D eigenvalue weighted by molar-refractivity contribution is 5.83. The number of carbonyl (C=O) groups excluding carboxylic acids is 1. The molecular formula is C11H20N2O3. The lowest BCUT2D eigenvalue weighted by Crippen LogP contribution is -2.49. The lowest BCUT2D eigenvalue weighted by molar-refractivity contribution is -0.146. The molecule has 1 fully saturated rings. The summed E-state index contributed by atoms with van der Waals surface area (Å²) in [5.74, 6) is -0.988. The molecular weight excluding hydrogens is 208 g/mol. The van der Waals surface area contributed by atoms with Gasteiger partial charge >= 0.3 is 5.97 Å². The Balaban J connectivity index is 2.37. The lowest BCUT2D eigenvalue weighted by atomic mass is 9.93. The molecule has 0 aliphatic carbocycles. The van der Waals surface area contributed by atoms with Crippen LogP contribution in [0.2, 0.25) is 0 Å². The van der Waals surface area contributed by atoms with Gasteiger partial charge in [-0.05, 0) is 33.2 Å². The van der Waals surface area contributed by atoms with Crippen LogP contribution in [0.4, 0.5) is 0 Å². The van der Waals surface area contributed by atoms with Crippen LogP contribution in [-0.4, -0.2) is 36.1 Å². The molecule has 1 rings (SSSR count). The van der Waals surface area contributed by atoms with Crippen molar-refractivity contribution < 1.29 is 14.7 Å². The first-order valence-corrected chi connectivity index (χ1v) is 5.68. The smallest absolute Gasteiger partial charge is 0.310 e. The number of carbonyl (C=O) groups is 2. The first-order valence-electron chi connectivity index (χ1n) is 5.68. The van der Waals surface area contributed by atoms with E-state index in [-0.39, 0.29) is 18.5 Å². The molecule has 0 spiro atoms. The van der Waals surface area contributed by atoms with Gasteiger partial charge in [0.25, 0.3) is 0 Å². The third-order valence-corrected chi connectivity index (χ3v) is 2.91. The topological polar surface area (TPSA) is 78.4 Å². The van der Waals surface area contributed by atoms with Crippen molar-refractivity contribution in [2.24, 2.45) is 5.41 Å². The second-order valence-corrected chi connectivity index (χ2v) is 4.91. The monoisotopic (exact) mass is 228 g/mol. The van der Waals surface area contributed by atoms with Gasteiger partial charge in [0.05, 0.1) is 11.5 Å². The van der Waals surface area contributed by atoms with Crippen LogP contribution in [0.1, 0.15) is 33.1 Å². The van der Waals surface area contributed by atoms with E-state index in [1.54, 1.807) is 13.8 Å². The summed E-state index contributed by atoms with van der Waals surface area (Å²) in [5, 5.41) is 14.7. The first kappa shape index (κ1) is 13.0. The highest BCUT2D eigenvalue weighted by atomic mass is 16.4. The van der Waals surface area contributed by atoms with Crippen LogP contribution in [0.5, 0.6) is 0 Å². The minimum Gasteiger partial charge on any atom is -0.481 e. The maximum Gasteiger partial charge on any atom is 0.310 e. The zero-order valence-electron chi connectivity index (χ0n) is 9.88. The Morgan fingerprint density at radius 1 is 1.44 bits per heavy atom. The molecule has 5 nitrogen and oxygen atoms in total. The molecule has 1 atom stereocenters. The van der Waals surface area contributed by atoms with Gasteiger partial charge in [-0.15, -0.1) is 0 Å². The Labute approximate surface area is 95.6 Å². The fourth-order valence-corrected chi connectivity index (χ4v) is 1.58. The molecule has 1 aliphatic rings. The van der Waals surface area contributed by atoms with E-state index in [1.165, 1.54) is 0 Å². The molecule has 92 valence electrons. The van der Waals surface area contributed by atoms with Crippen molar-refractivity contribution in [2.45, 2.75) is 39.2 Å². The Hall–Kier alpha value is -1.10. The number of nitrogens with one attached hydrogen (secondary N) is 2. The second kappa shape index (κ2) is 5.30. The van der Waals surface area contributed by atoms with E-state index in [2.05, 4.69) is 10.6 Å². The molecule has 1 amide bonds. The van der Waals surface area contributed by atoms with Crippen LogP contribution in [0, 0.1) is 5.41 Å². The van der Waals surface area contributed by atoms with E-state index >= 15 is 0 Å². The number of carboxylic acid groups (broad SMARTS) is 1. The van der Waals surface area contributed by atoms with Gasteiger partial charge in [0.2, 0.25) is 5.91 Å². The predicted octanol–water partition coefficient (Wildman–Crippen LogP) is 0.356. The van der Waals surface area contributed by atoms with E-state index in [0.717, 1.165) is 25.8 Å². The van der Waals surface area contributed by atoms with Crippen LogP contribution in [0.25, 0.3) is 0 Å². The molecule has 3 N–H and O–H groups in total. The Bertz CT molecular complexity index is 270. The summed E-state index contributed by atoms with van der Waals surface area (Å²) in [6.07, 6.45) is 2.98. The quantitative estimate of drug-likeness (QED) is 0.649. The third-order valence-electron chi connectivity index (χ3n) is 2.91. The number of aliphatic carboxylic acids is 1. The maximum absolute atomic E-state index is 11.7. The SMILES string of the molecule is CC(C)(CNC(=O)[C@@H]1CCCCN1)C(=O)O. The Kier molecular flexibility index (Phi) is 4.29. The van der Waals surface area contributed by atoms with E-state index in [4.69, 9.17) is 5.11 Å². The van der Waals surface area contributed by atoms with Crippen molar-refractivity contribution in [1.29, 1.82) is 0 Å². The van der Waals surface area contributed by atoms with E-state index < -0.39 is 11.4 Å². The van der Waals surface area contributed by atoms with Crippen molar-refractivity contribution in [3.8, 4) is 0 Å². The molecule has 0 radical (unpaired) electrons. The van der Waals surface area contributed by atoms with Crippen molar-refractivity contribution in [1.82, 2.24) is 10.6 Å². The van der Waals surface area contributed by atoms with Gasteiger partial charge in [-0.3, -0.25) is 9.59 Å². The fraction of sp³-hybridized carbons (Fsp3) is 0.818. The summed E-state index contributed by atoms with van der Waals surface area (Å²) in [6.45, 7) is 4.23. The maximum atomic E-state index is 11.7. The molecule has 5 heteroatoms. The standard InChI is InChI=1S/C11H20N2O3/c1-11(2,10(15)16)7-13-9(14)8-5-3-4-6-12-8/h8,12H,3-7H2,1-2H3,(H,13,14)(H,15,16)/t8-/m0/s1. The number of hydrogen-bond donors (Lipinski definition) is 3. The average Bonchev–Trinajstić information content (AvgIpc) is 2.27. The molecule has 0 saturated carbocycles. The first-order chi connectivity index (χ1) is 7.43. The number of hydrogen-bond acceptors (Lipinski definition) is 3. The van der Waals surface area contributed by atoms with Crippen LogP contribution < -0.4 is 10.6 Å². The number of rotatable bonds is 4. The highest BCUT2D eigenvalue weighted by Gasteiger charge is 2.29. The van der Waals surface area contributed by atoms with Crippen molar-refractivity contribution in [3.63, 3.8) is 0 Å². The van der Waals surface area contributed by atoms with Gasteiger partial charge in [-0.1, -0.05) is 6.42 Å². The number of amides is 1. The van der Waals surface area contributed by atoms with Gasteiger partial charge in [-0.25, -0.2) is 0 Å². The normalized spacial score (nSPS) is 21.5. The van der Waals surface area contributed by atoms with Crippen molar-refractivity contribution in [2.75, 3.05) is 13.1 Å². The van der Waals surface area contributed by atoms with Gasteiger partial charge in [0.15, 0.2) is 0 Å². The second-order valence-electron chi connectivity index (χ2n) is 4.91. The molecule has 0 aromatic carbocycles. The predicted molar refractivity (Wildman–Crippen MR) is 60.1 cm³/mol. The Morgan fingerprint density at radius 3 is 2.62 bits per heavy atom. The fourth-order valence-electron chi connectivity index (χ4n) is 1.58. The summed E-state index contributed by atoms with van der Waals surface area (Å²) >= 11 is 0. The largest absolute Gasteiger partial charge is 0.481 e. The van der Waals surface area contributed by atoms with Crippen LogP contribution in [0.3, 0.4) is 0 Å². The van der Waals surface area contributed by atoms with Crippen molar-refractivity contribution in [3.05, 3.63) is 0 Å². The Morgan fingerprint density at radius 2 is 2.12 bits per heavy atom. The van der Waals surface area contributed by atoms with E-state index in [0.29, 0.717) is 0 Å². The zero-order valence-corrected chi connectivity index (χ0v) is 9.88. The minimum absolute atomic E-state index is 0.0889. The van der Waals surface area contributed by atoms with Crippen LogP contribution in [0.15, 0.2) is 0 Å². The highest BCUT2D eigenvalue weighted by Crippen LogP contribution is 2.14. The van der Waals surface area contributed by atoms with E-state index in [1.807, 2.05) is 0 Å². The molecule has 1 saturated heterocycles. The third kappa shape index (κ3) is 3.48. The number of piperidine rings is 1. The van der Waals surface area contributed by atoms with Crippen LogP contribution in [-0.2, 0) is 9.59 Å². The zero-order chi connectivity index (χ0) is 12.2.